The first kappa shape index (κ1) is 13.2. The van der Waals surface area contributed by atoms with Crippen molar-refractivity contribution in [3.63, 3.8) is 0 Å². The van der Waals surface area contributed by atoms with Gasteiger partial charge in [-0.05, 0) is 13.1 Å². The summed E-state index contributed by atoms with van der Waals surface area (Å²) in [6.07, 6.45) is 3.28. The summed E-state index contributed by atoms with van der Waals surface area (Å²) in [6.45, 7) is 0.808. The summed E-state index contributed by atoms with van der Waals surface area (Å²) >= 11 is 0. The van der Waals surface area contributed by atoms with Crippen molar-refractivity contribution in [3.05, 3.63) is 24.3 Å². The van der Waals surface area contributed by atoms with E-state index in [9.17, 15) is 0 Å². The molecule has 1 aromatic heterocycles. The number of hydrogen-bond donors (Lipinski definition) is 1. The lowest BCUT2D eigenvalue weighted by molar-refractivity contribution is 0.786. The van der Waals surface area contributed by atoms with Gasteiger partial charge in [0.1, 0.15) is 6.33 Å². The minimum Gasteiger partial charge on any atom is -0.314 e. The number of halogens is 2. The molecular formula is C6H11Cl2N3. The predicted molar refractivity (Wildman–Crippen MR) is 49.3 cm³/mol. The third kappa shape index (κ3) is 4.95. The van der Waals surface area contributed by atoms with Crippen LogP contribution >= 0.6 is 24.8 Å². The van der Waals surface area contributed by atoms with Gasteiger partial charge < -0.3 is 5.32 Å². The zero-order valence-electron chi connectivity index (χ0n) is 6.15. The monoisotopic (exact) mass is 195 g/mol. The first-order valence-electron chi connectivity index (χ1n) is 2.83. The van der Waals surface area contributed by atoms with E-state index in [1.54, 1.807) is 12.5 Å². The number of nitrogens with zero attached hydrogens (tertiary/aromatic N) is 2. The van der Waals surface area contributed by atoms with Crippen LogP contribution in [0.5, 0.6) is 0 Å². The van der Waals surface area contributed by atoms with Gasteiger partial charge in [-0.15, -0.1) is 24.8 Å². The van der Waals surface area contributed by atoms with Gasteiger partial charge in [-0.25, -0.2) is 9.97 Å². The van der Waals surface area contributed by atoms with Gasteiger partial charge >= 0.3 is 0 Å². The van der Waals surface area contributed by atoms with Crippen molar-refractivity contribution in [2.24, 2.45) is 0 Å². The Kier molecular flexibility index (Phi) is 9.29. The molecule has 1 rings (SSSR count). The maximum absolute atomic E-state index is 3.99. The molecule has 0 saturated carbocycles. The second-order valence-corrected chi connectivity index (χ2v) is 1.73. The van der Waals surface area contributed by atoms with E-state index in [-0.39, 0.29) is 24.8 Å². The third-order valence-electron chi connectivity index (χ3n) is 1.00. The maximum Gasteiger partial charge on any atom is 0.115 e. The van der Waals surface area contributed by atoms with E-state index in [0.717, 1.165) is 12.2 Å². The van der Waals surface area contributed by atoms with Crippen molar-refractivity contribution in [2.45, 2.75) is 6.54 Å². The van der Waals surface area contributed by atoms with Crippen LogP contribution in [-0.4, -0.2) is 17.0 Å². The van der Waals surface area contributed by atoms with Crippen molar-refractivity contribution in [2.75, 3.05) is 7.05 Å². The second kappa shape index (κ2) is 7.72. The van der Waals surface area contributed by atoms with Crippen LogP contribution in [0.15, 0.2) is 18.6 Å². The zero-order chi connectivity index (χ0) is 6.53. The highest BCUT2D eigenvalue weighted by Crippen LogP contribution is 1.87. The molecule has 0 amide bonds. The fraction of sp³-hybridized carbons (Fsp3) is 0.333. The van der Waals surface area contributed by atoms with Gasteiger partial charge in [0.25, 0.3) is 0 Å². The number of aromatic nitrogens is 2. The fourth-order valence-electron chi connectivity index (χ4n) is 0.604. The lowest BCUT2D eigenvalue weighted by Gasteiger charge is -1.94. The Morgan fingerprint density at radius 2 is 2.18 bits per heavy atom. The lowest BCUT2D eigenvalue weighted by atomic mass is 10.4. The van der Waals surface area contributed by atoms with Crippen molar-refractivity contribution in [1.82, 2.24) is 15.3 Å². The molecule has 64 valence electrons. The van der Waals surface area contributed by atoms with E-state index in [0.29, 0.717) is 0 Å². The lowest BCUT2D eigenvalue weighted by Crippen LogP contribution is -2.06. The van der Waals surface area contributed by atoms with Crippen LogP contribution in [0.3, 0.4) is 0 Å². The first-order chi connectivity index (χ1) is 4.43. The highest BCUT2D eigenvalue weighted by molar-refractivity contribution is 5.85. The molecule has 3 nitrogen and oxygen atoms in total. The quantitative estimate of drug-likeness (QED) is 0.767. The van der Waals surface area contributed by atoms with Crippen LogP contribution in [0.2, 0.25) is 0 Å². The van der Waals surface area contributed by atoms with E-state index in [4.69, 9.17) is 0 Å². The van der Waals surface area contributed by atoms with Crippen LogP contribution in [0.4, 0.5) is 0 Å². The van der Waals surface area contributed by atoms with Gasteiger partial charge in [0, 0.05) is 12.7 Å². The van der Waals surface area contributed by atoms with E-state index in [2.05, 4.69) is 15.3 Å². The molecule has 0 fully saturated rings. The van der Waals surface area contributed by atoms with Gasteiger partial charge in [0.2, 0.25) is 0 Å². The molecule has 0 atom stereocenters. The van der Waals surface area contributed by atoms with E-state index < -0.39 is 0 Å². The molecule has 1 aromatic rings. The maximum atomic E-state index is 3.99. The Morgan fingerprint density at radius 3 is 2.64 bits per heavy atom. The highest BCUT2D eigenvalue weighted by atomic mass is 35.5. The van der Waals surface area contributed by atoms with E-state index in [1.165, 1.54) is 0 Å². The van der Waals surface area contributed by atoms with Crippen LogP contribution in [0, 0.1) is 0 Å². The average Bonchev–Trinajstić information content (AvgIpc) is 1.91. The Labute approximate surface area is 78.5 Å². The first-order valence-corrected chi connectivity index (χ1v) is 2.83. The number of hydrogen-bond acceptors (Lipinski definition) is 3. The summed E-state index contributed by atoms with van der Waals surface area (Å²) < 4.78 is 0. The summed E-state index contributed by atoms with van der Waals surface area (Å²) in [5.74, 6) is 0. The molecule has 0 aliphatic carbocycles. The van der Waals surface area contributed by atoms with Gasteiger partial charge in [-0.1, -0.05) is 0 Å². The van der Waals surface area contributed by atoms with Gasteiger partial charge in [0.05, 0.1) is 5.69 Å². The molecule has 0 aliphatic rings. The molecule has 0 saturated heterocycles. The summed E-state index contributed by atoms with van der Waals surface area (Å²) in [5.41, 5.74) is 1.02. The summed E-state index contributed by atoms with van der Waals surface area (Å²) in [5, 5.41) is 2.99. The Morgan fingerprint density at radius 1 is 1.45 bits per heavy atom. The molecule has 0 aliphatic heterocycles. The Hall–Kier alpha value is -0.380. The van der Waals surface area contributed by atoms with Crippen LogP contribution in [0.25, 0.3) is 0 Å². The van der Waals surface area contributed by atoms with E-state index >= 15 is 0 Å². The van der Waals surface area contributed by atoms with Crippen molar-refractivity contribution in [1.29, 1.82) is 0 Å². The molecule has 0 aromatic carbocycles. The standard InChI is InChI=1S/C6H9N3.2ClH/c1-7-4-6-2-3-8-5-9-6;;/h2-3,5,7H,4H2,1H3;2*1H. The highest BCUT2D eigenvalue weighted by Gasteiger charge is 1.86. The number of nitrogens with one attached hydrogen (secondary N) is 1. The molecule has 0 bridgehead atoms. The number of rotatable bonds is 2. The molecule has 11 heavy (non-hydrogen) atoms. The summed E-state index contributed by atoms with van der Waals surface area (Å²) in [7, 11) is 1.89. The predicted octanol–water partition coefficient (Wildman–Crippen LogP) is 1.04. The fourth-order valence-corrected chi connectivity index (χ4v) is 0.604. The largest absolute Gasteiger partial charge is 0.314 e. The van der Waals surface area contributed by atoms with Crippen molar-refractivity contribution in [3.8, 4) is 0 Å². The average molecular weight is 196 g/mol. The van der Waals surface area contributed by atoms with Gasteiger partial charge in [-0.2, -0.15) is 0 Å². The van der Waals surface area contributed by atoms with Gasteiger partial charge in [0.15, 0.2) is 0 Å². The Balaban J connectivity index is 0. The summed E-state index contributed by atoms with van der Waals surface area (Å²) in [6, 6.07) is 1.89. The SMILES string of the molecule is CNCc1ccncn1.Cl.Cl. The zero-order valence-corrected chi connectivity index (χ0v) is 7.78. The normalized spacial score (nSPS) is 7.73. The minimum atomic E-state index is 0. The molecule has 1 heterocycles. The van der Waals surface area contributed by atoms with Gasteiger partial charge in [-0.3, -0.25) is 0 Å². The molecular weight excluding hydrogens is 185 g/mol. The van der Waals surface area contributed by atoms with Crippen LogP contribution in [-0.2, 0) is 6.54 Å². The molecule has 0 unspecified atom stereocenters. The van der Waals surface area contributed by atoms with Crippen molar-refractivity contribution >= 4 is 24.8 Å². The molecule has 1 N–H and O–H groups in total. The smallest absolute Gasteiger partial charge is 0.115 e. The van der Waals surface area contributed by atoms with Crippen molar-refractivity contribution < 1.29 is 0 Å². The molecule has 0 spiro atoms. The molecule has 0 radical (unpaired) electrons. The second-order valence-electron chi connectivity index (χ2n) is 1.73. The third-order valence-corrected chi connectivity index (χ3v) is 1.00. The summed E-state index contributed by atoms with van der Waals surface area (Å²) in [4.78, 5) is 7.78. The topological polar surface area (TPSA) is 37.8 Å². The van der Waals surface area contributed by atoms with Crippen LogP contribution in [0.1, 0.15) is 5.69 Å². The Bertz CT molecular complexity index is 169. The van der Waals surface area contributed by atoms with Crippen LogP contribution < -0.4 is 5.32 Å². The van der Waals surface area contributed by atoms with E-state index in [1.807, 2.05) is 13.1 Å². The molecule has 5 heteroatoms. The minimum absolute atomic E-state index is 0.